The smallest absolute Gasteiger partial charge is 0.231 e. The van der Waals surface area contributed by atoms with Crippen molar-refractivity contribution in [2.45, 2.75) is 53.6 Å². The quantitative estimate of drug-likeness (QED) is 0.681. The third-order valence-corrected chi connectivity index (χ3v) is 6.23. The van der Waals surface area contributed by atoms with Gasteiger partial charge in [-0.2, -0.15) is 5.10 Å². The minimum absolute atomic E-state index is 0.248. The van der Waals surface area contributed by atoms with Crippen molar-refractivity contribution in [1.29, 1.82) is 0 Å². The monoisotopic (exact) mass is 426 g/mol. The van der Waals surface area contributed by atoms with Crippen molar-refractivity contribution in [1.82, 2.24) is 19.6 Å². The first-order chi connectivity index (χ1) is 14.9. The number of aryl methyl sites for hydroxylation is 1. The highest BCUT2D eigenvalue weighted by atomic mass is 16.7. The second-order valence-electron chi connectivity index (χ2n) is 9.07. The highest BCUT2D eigenvalue weighted by Crippen LogP contribution is 2.32. The molecule has 0 N–H and O–H groups in total. The van der Waals surface area contributed by atoms with E-state index in [9.17, 15) is 4.79 Å². The molecule has 0 radical (unpaired) electrons. The van der Waals surface area contributed by atoms with Crippen LogP contribution in [0.1, 0.15) is 42.8 Å². The summed E-state index contributed by atoms with van der Waals surface area (Å²) in [5, 5.41) is 4.68. The molecule has 7 heteroatoms. The van der Waals surface area contributed by atoms with E-state index < -0.39 is 0 Å². The molecule has 4 rings (SSSR count). The van der Waals surface area contributed by atoms with Gasteiger partial charge in [0, 0.05) is 51.4 Å². The van der Waals surface area contributed by atoms with E-state index in [1.165, 1.54) is 16.8 Å². The lowest BCUT2D eigenvalue weighted by Crippen LogP contribution is -2.48. The Morgan fingerprint density at radius 1 is 1.10 bits per heavy atom. The SMILES string of the molecule is Cc1nn(CC(C)C)c(C)c1CCC(=O)N1CCN(Cc2ccc3c(c2)OCO3)CC1. The van der Waals surface area contributed by atoms with E-state index >= 15 is 0 Å². The largest absolute Gasteiger partial charge is 0.454 e. The molecule has 1 aromatic carbocycles. The van der Waals surface area contributed by atoms with Crippen LogP contribution in [-0.2, 0) is 24.3 Å². The van der Waals surface area contributed by atoms with Gasteiger partial charge in [0.2, 0.25) is 12.7 Å². The number of fused-ring (bicyclic) bond motifs is 1. The van der Waals surface area contributed by atoms with Crippen molar-refractivity contribution in [3.05, 3.63) is 40.7 Å². The molecule has 2 aliphatic rings. The number of carbonyl (C=O) groups excluding carboxylic acids is 1. The molecule has 0 saturated carbocycles. The molecule has 0 atom stereocenters. The van der Waals surface area contributed by atoms with Crippen LogP contribution in [0.4, 0.5) is 0 Å². The molecule has 2 aromatic rings. The zero-order valence-electron chi connectivity index (χ0n) is 19.2. The number of benzene rings is 1. The minimum atomic E-state index is 0.248. The average Bonchev–Trinajstić information content (AvgIpc) is 3.30. The fourth-order valence-corrected chi connectivity index (χ4v) is 4.46. The van der Waals surface area contributed by atoms with Gasteiger partial charge >= 0.3 is 0 Å². The maximum absolute atomic E-state index is 12.8. The lowest BCUT2D eigenvalue weighted by molar-refractivity contribution is -0.133. The minimum Gasteiger partial charge on any atom is -0.454 e. The zero-order valence-corrected chi connectivity index (χ0v) is 19.2. The fraction of sp³-hybridized carbons (Fsp3) is 0.583. The van der Waals surface area contributed by atoms with Crippen LogP contribution in [0.2, 0.25) is 0 Å². The molecule has 1 saturated heterocycles. The summed E-state index contributed by atoms with van der Waals surface area (Å²) in [6.45, 7) is 14.0. The van der Waals surface area contributed by atoms with Crippen LogP contribution in [0, 0.1) is 19.8 Å². The van der Waals surface area contributed by atoms with Crippen LogP contribution in [0.25, 0.3) is 0 Å². The van der Waals surface area contributed by atoms with Crippen LogP contribution in [0.5, 0.6) is 11.5 Å². The number of carbonyl (C=O) groups is 1. The molecule has 2 aliphatic heterocycles. The van der Waals surface area contributed by atoms with E-state index in [1.807, 2.05) is 11.0 Å². The van der Waals surface area contributed by atoms with Gasteiger partial charge in [0.05, 0.1) is 5.69 Å². The molecular formula is C24H34N4O3. The maximum Gasteiger partial charge on any atom is 0.231 e. The summed E-state index contributed by atoms with van der Waals surface area (Å²) >= 11 is 0. The van der Waals surface area contributed by atoms with E-state index in [2.05, 4.69) is 54.5 Å². The summed E-state index contributed by atoms with van der Waals surface area (Å²) in [5.74, 6) is 2.45. The molecule has 1 aromatic heterocycles. The Morgan fingerprint density at radius 2 is 1.84 bits per heavy atom. The van der Waals surface area contributed by atoms with Gasteiger partial charge in [-0.05, 0) is 49.4 Å². The highest BCUT2D eigenvalue weighted by molar-refractivity contribution is 5.76. The van der Waals surface area contributed by atoms with Crippen molar-refractivity contribution in [3.63, 3.8) is 0 Å². The standard InChI is InChI=1S/C24H34N4O3/c1-17(2)14-28-19(4)21(18(3)25-28)6-8-24(29)27-11-9-26(10-12-27)15-20-5-7-22-23(13-20)31-16-30-22/h5,7,13,17H,6,8-12,14-16H2,1-4H3. The summed E-state index contributed by atoms with van der Waals surface area (Å²) in [7, 11) is 0. The Morgan fingerprint density at radius 3 is 2.58 bits per heavy atom. The second-order valence-corrected chi connectivity index (χ2v) is 9.07. The molecule has 31 heavy (non-hydrogen) atoms. The number of ether oxygens (including phenoxy) is 2. The van der Waals surface area contributed by atoms with E-state index in [1.54, 1.807) is 0 Å². The molecule has 168 valence electrons. The third-order valence-electron chi connectivity index (χ3n) is 6.23. The van der Waals surface area contributed by atoms with E-state index in [-0.39, 0.29) is 5.91 Å². The van der Waals surface area contributed by atoms with Gasteiger partial charge in [0.1, 0.15) is 0 Å². The highest BCUT2D eigenvalue weighted by Gasteiger charge is 2.23. The predicted molar refractivity (Wildman–Crippen MR) is 119 cm³/mol. The summed E-state index contributed by atoms with van der Waals surface area (Å²) in [6.07, 6.45) is 1.32. The van der Waals surface area contributed by atoms with E-state index in [4.69, 9.17) is 9.47 Å². The molecule has 0 bridgehead atoms. The van der Waals surface area contributed by atoms with Gasteiger partial charge < -0.3 is 14.4 Å². The van der Waals surface area contributed by atoms with E-state index in [0.717, 1.165) is 62.9 Å². The Labute approximate surface area is 184 Å². The maximum atomic E-state index is 12.8. The Bertz CT molecular complexity index is 929. The third kappa shape index (κ3) is 5.03. The van der Waals surface area contributed by atoms with Crippen molar-refractivity contribution in [2.75, 3.05) is 33.0 Å². The number of hydrogen-bond acceptors (Lipinski definition) is 5. The Hall–Kier alpha value is -2.54. The topological polar surface area (TPSA) is 59.8 Å². The van der Waals surface area contributed by atoms with Gasteiger partial charge in [-0.3, -0.25) is 14.4 Å². The number of rotatable bonds is 7. The average molecular weight is 427 g/mol. The lowest BCUT2D eigenvalue weighted by atomic mass is 10.1. The number of nitrogens with zero attached hydrogens (tertiary/aromatic N) is 4. The van der Waals surface area contributed by atoms with Gasteiger partial charge in [-0.25, -0.2) is 0 Å². The second kappa shape index (κ2) is 9.30. The van der Waals surface area contributed by atoms with Crippen molar-refractivity contribution < 1.29 is 14.3 Å². The predicted octanol–water partition coefficient (Wildman–Crippen LogP) is 3.16. The Kier molecular flexibility index (Phi) is 6.51. The molecule has 1 fully saturated rings. The first-order valence-electron chi connectivity index (χ1n) is 11.3. The molecule has 3 heterocycles. The van der Waals surface area contributed by atoms with Crippen LogP contribution in [0.15, 0.2) is 18.2 Å². The molecule has 0 spiro atoms. The van der Waals surface area contributed by atoms with Gasteiger partial charge in [0.15, 0.2) is 11.5 Å². The first kappa shape index (κ1) is 21.7. The van der Waals surface area contributed by atoms with Crippen LogP contribution in [-0.4, -0.2) is 58.5 Å². The molecule has 1 amide bonds. The van der Waals surface area contributed by atoms with Gasteiger partial charge in [0.25, 0.3) is 0 Å². The number of amides is 1. The van der Waals surface area contributed by atoms with Gasteiger partial charge in [-0.15, -0.1) is 0 Å². The molecule has 0 unspecified atom stereocenters. The zero-order chi connectivity index (χ0) is 22.0. The fourth-order valence-electron chi connectivity index (χ4n) is 4.46. The molecule has 7 nitrogen and oxygen atoms in total. The Balaban J connectivity index is 1.26. The number of piperazine rings is 1. The van der Waals surface area contributed by atoms with Gasteiger partial charge in [-0.1, -0.05) is 19.9 Å². The first-order valence-corrected chi connectivity index (χ1v) is 11.3. The summed E-state index contributed by atoms with van der Waals surface area (Å²) in [6, 6.07) is 6.13. The summed E-state index contributed by atoms with van der Waals surface area (Å²) in [5.41, 5.74) is 4.70. The van der Waals surface area contributed by atoms with Crippen LogP contribution >= 0.6 is 0 Å². The number of hydrogen-bond donors (Lipinski definition) is 0. The van der Waals surface area contributed by atoms with Crippen LogP contribution < -0.4 is 9.47 Å². The van der Waals surface area contributed by atoms with Crippen LogP contribution in [0.3, 0.4) is 0 Å². The van der Waals surface area contributed by atoms with Crippen molar-refractivity contribution in [2.24, 2.45) is 5.92 Å². The van der Waals surface area contributed by atoms with E-state index in [0.29, 0.717) is 19.1 Å². The van der Waals surface area contributed by atoms with Crippen molar-refractivity contribution >= 4 is 5.91 Å². The number of aromatic nitrogens is 2. The lowest BCUT2D eigenvalue weighted by Gasteiger charge is -2.35. The molecular weight excluding hydrogens is 392 g/mol. The summed E-state index contributed by atoms with van der Waals surface area (Å²) in [4.78, 5) is 17.2. The van der Waals surface area contributed by atoms with Crippen molar-refractivity contribution in [3.8, 4) is 11.5 Å². The summed E-state index contributed by atoms with van der Waals surface area (Å²) < 4.78 is 13.0. The normalized spacial score (nSPS) is 16.4. The molecule has 0 aliphatic carbocycles.